The molecule has 0 bridgehead atoms. The van der Waals surface area contributed by atoms with Crippen molar-refractivity contribution < 1.29 is 9.21 Å². The Hall–Kier alpha value is -1.08. The van der Waals surface area contributed by atoms with E-state index in [9.17, 15) is 4.79 Å². The molecule has 0 spiro atoms. The molecule has 2 aromatic heterocycles. The summed E-state index contributed by atoms with van der Waals surface area (Å²) in [5.41, 5.74) is 6.38. The summed E-state index contributed by atoms with van der Waals surface area (Å²) in [6.45, 7) is 4.23. The zero-order chi connectivity index (χ0) is 15.7. The topological polar surface area (TPSA) is 81.2 Å². The molecule has 0 aromatic carbocycles. The van der Waals surface area contributed by atoms with E-state index in [4.69, 9.17) is 10.2 Å². The van der Waals surface area contributed by atoms with E-state index in [0.717, 1.165) is 42.1 Å². The Balaban J connectivity index is 0.00000144. The van der Waals surface area contributed by atoms with Crippen LogP contribution >= 0.6 is 36.2 Å². The van der Waals surface area contributed by atoms with Gasteiger partial charge in [-0.25, -0.2) is 4.98 Å². The molecule has 8 heteroatoms. The Morgan fingerprint density at radius 1 is 1.33 bits per heavy atom. The number of hydrogen-bond donors (Lipinski definition) is 2. The molecule has 3 N–H and O–H groups in total. The Kier molecular flexibility index (Phi) is 7.28. The third-order valence-corrected chi connectivity index (χ3v) is 5.45. The first-order chi connectivity index (χ1) is 10.5. The average Bonchev–Trinajstić information content (AvgIpc) is 3.19. The summed E-state index contributed by atoms with van der Waals surface area (Å²) in [6.07, 6.45) is 4.15. The molecular formula is C16H23Cl2N3O2S. The van der Waals surface area contributed by atoms with Gasteiger partial charge in [0.15, 0.2) is 10.8 Å². The summed E-state index contributed by atoms with van der Waals surface area (Å²) < 4.78 is 5.59. The van der Waals surface area contributed by atoms with Crippen LogP contribution in [0, 0.1) is 13.8 Å². The fraction of sp³-hybridized carbons (Fsp3) is 0.500. The van der Waals surface area contributed by atoms with Crippen molar-refractivity contribution in [1.29, 1.82) is 0 Å². The first kappa shape index (κ1) is 21.0. The van der Waals surface area contributed by atoms with Crippen LogP contribution in [-0.4, -0.2) is 23.0 Å². The maximum absolute atomic E-state index is 12.6. The van der Waals surface area contributed by atoms with Crippen molar-refractivity contribution in [3.8, 4) is 10.8 Å². The van der Waals surface area contributed by atoms with Crippen LogP contribution < -0.4 is 11.1 Å². The van der Waals surface area contributed by atoms with Gasteiger partial charge in [-0.15, -0.1) is 36.2 Å². The van der Waals surface area contributed by atoms with Crippen LogP contribution in [0.2, 0.25) is 0 Å². The molecule has 1 aliphatic carbocycles. The molecule has 0 atom stereocenters. The lowest BCUT2D eigenvalue weighted by atomic mass is 9.98. The van der Waals surface area contributed by atoms with Gasteiger partial charge in [0, 0.05) is 6.54 Å². The monoisotopic (exact) mass is 391 g/mol. The molecule has 5 nitrogen and oxygen atoms in total. The second-order valence-electron chi connectivity index (χ2n) is 5.99. The van der Waals surface area contributed by atoms with Gasteiger partial charge in [0.1, 0.15) is 10.6 Å². The largest absolute Gasteiger partial charge is 0.459 e. The molecule has 134 valence electrons. The Labute approximate surface area is 158 Å². The van der Waals surface area contributed by atoms with Gasteiger partial charge in [0.2, 0.25) is 0 Å². The average molecular weight is 392 g/mol. The lowest BCUT2D eigenvalue weighted by Gasteiger charge is -2.28. The number of nitrogens with one attached hydrogen (secondary N) is 1. The second-order valence-corrected chi connectivity index (χ2v) is 6.99. The van der Waals surface area contributed by atoms with Crippen molar-refractivity contribution in [2.24, 2.45) is 5.73 Å². The zero-order valence-corrected chi connectivity index (χ0v) is 16.2. The molecule has 2 aromatic rings. The lowest BCUT2D eigenvalue weighted by molar-refractivity contribution is 0.0906. The van der Waals surface area contributed by atoms with Gasteiger partial charge in [0.05, 0.1) is 11.2 Å². The molecule has 0 saturated heterocycles. The van der Waals surface area contributed by atoms with Gasteiger partial charge >= 0.3 is 0 Å². The number of hydrogen-bond acceptors (Lipinski definition) is 5. The number of nitrogens with zero attached hydrogens (tertiary/aromatic N) is 1. The number of aromatic nitrogens is 1. The first-order valence-corrected chi connectivity index (χ1v) is 8.41. The number of carbonyl (C=O) groups excluding carboxylic acids is 1. The Bertz CT molecular complexity index is 693. The smallest absolute Gasteiger partial charge is 0.263 e. The minimum Gasteiger partial charge on any atom is -0.459 e. The number of nitrogens with two attached hydrogens (primary N) is 1. The van der Waals surface area contributed by atoms with E-state index in [1.165, 1.54) is 11.3 Å². The molecule has 24 heavy (non-hydrogen) atoms. The molecular weight excluding hydrogens is 369 g/mol. The minimum absolute atomic E-state index is 0. The molecule has 2 heterocycles. The highest BCUT2D eigenvalue weighted by Crippen LogP contribution is 2.32. The van der Waals surface area contributed by atoms with E-state index in [1.54, 1.807) is 0 Å². The highest BCUT2D eigenvalue weighted by molar-refractivity contribution is 7.17. The van der Waals surface area contributed by atoms with Crippen LogP contribution in [0.15, 0.2) is 16.5 Å². The van der Waals surface area contributed by atoms with Crippen molar-refractivity contribution >= 4 is 42.1 Å². The Morgan fingerprint density at radius 2 is 2.00 bits per heavy atom. The normalized spacial score (nSPS) is 15.5. The summed E-state index contributed by atoms with van der Waals surface area (Å²) in [4.78, 5) is 17.7. The summed E-state index contributed by atoms with van der Waals surface area (Å²) in [7, 11) is 0. The number of amides is 1. The third kappa shape index (κ3) is 4.11. The van der Waals surface area contributed by atoms with Gasteiger partial charge in [-0.05, 0) is 38.8 Å². The highest BCUT2D eigenvalue weighted by atomic mass is 35.5. The summed E-state index contributed by atoms with van der Waals surface area (Å²) in [6, 6.07) is 3.78. The molecule has 0 unspecified atom stereocenters. The van der Waals surface area contributed by atoms with Gasteiger partial charge in [-0.1, -0.05) is 12.8 Å². The van der Waals surface area contributed by atoms with Gasteiger partial charge < -0.3 is 15.5 Å². The SMILES string of the molecule is Cc1ccc(-c2nc(C)c(C(=O)NC3(CN)CCCC3)s2)o1.Cl.Cl. The van der Waals surface area contributed by atoms with E-state index < -0.39 is 0 Å². The standard InChI is InChI=1S/C16H21N3O2S.2ClH/c1-10-5-6-12(21-10)15-18-11(2)13(22-15)14(20)19-16(9-17)7-3-4-8-16;;/h5-6H,3-4,7-9,17H2,1-2H3,(H,19,20);2*1H. The molecule has 0 radical (unpaired) electrons. The highest BCUT2D eigenvalue weighted by Gasteiger charge is 2.35. The number of thiazole rings is 1. The molecule has 3 rings (SSSR count). The van der Waals surface area contributed by atoms with Crippen LogP contribution in [0.4, 0.5) is 0 Å². The molecule has 1 fully saturated rings. The summed E-state index contributed by atoms with van der Waals surface area (Å²) >= 11 is 1.37. The Morgan fingerprint density at radius 3 is 2.54 bits per heavy atom. The van der Waals surface area contributed by atoms with Crippen molar-refractivity contribution in [3.63, 3.8) is 0 Å². The quantitative estimate of drug-likeness (QED) is 0.828. The number of furan rings is 1. The molecule has 1 saturated carbocycles. The third-order valence-electron chi connectivity index (χ3n) is 4.28. The second kappa shape index (κ2) is 8.34. The van der Waals surface area contributed by atoms with E-state index in [0.29, 0.717) is 17.2 Å². The molecule has 0 aliphatic heterocycles. The van der Waals surface area contributed by atoms with Gasteiger partial charge in [0.25, 0.3) is 5.91 Å². The molecule has 1 aliphatic rings. The predicted molar refractivity (Wildman–Crippen MR) is 102 cm³/mol. The maximum Gasteiger partial charge on any atom is 0.263 e. The van der Waals surface area contributed by atoms with Gasteiger partial charge in [-0.2, -0.15) is 0 Å². The zero-order valence-electron chi connectivity index (χ0n) is 13.8. The maximum atomic E-state index is 12.6. The van der Waals surface area contributed by atoms with Crippen LogP contribution in [-0.2, 0) is 0 Å². The van der Waals surface area contributed by atoms with Crippen molar-refractivity contribution in [1.82, 2.24) is 10.3 Å². The van der Waals surface area contributed by atoms with Crippen LogP contribution in [0.1, 0.15) is 46.8 Å². The predicted octanol–water partition coefficient (Wildman–Crippen LogP) is 3.86. The van der Waals surface area contributed by atoms with Crippen molar-refractivity contribution in [2.45, 2.75) is 45.1 Å². The first-order valence-electron chi connectivity index (χ1n) is 7.60. The van der Waals surface area contributed by atoms with E-state index in [-0.39, 0.29) is 36.3 Å². The molecule has 1 amide bonds. The van der Waals surface area contributed by atoms with Gasteiger partial charge in [-0.3, -0.25) is 4.79 Å². The van der Waals surface area contributed by atoms with Crippen LogP contribution in [0.3, 0.4) is 0 Å². The summed E-state index contributed by atoms with van der Waals surface area (Å²) in [5.74, 6) is 1.47. The van der Waals surface area contributed by atoms with E-state index >= 15 is 0 Å². The van der Waals surface area contributed by atoms with Crippen LogP contribution in [0.5, 0.6) is 0 Å². The number of aryl methyl sites for hydroxylation is 2. The van der Waals surface area contributed by atoms with Crippen LogP contribution in [0.25, 0.3) is 10.8 Å². The van der Waals surface area contributed by atoms with Crippen molar-refractivity contribution in [2.75, 3.05) is 6.54 Å². The number of carbonyl (C=O) groups is 1. The lowest BCUT2D eigenvalue weighted by Crippen LogP contribution is -2.51. The number of halogens is 2. The number of rotatable bonds is 4. The fourth-order valence-electron chi connectivity index (χ4n) is 2.99. The van der Waals surface area contributed by atoms with Crippen molar-refractivity contribution in [3.05, 3.63) is 28.5 Å². The fourth-order valence-corrected chi connectivity index (χ4v) is 3.91. The summed E-state index contributed by atoms with van der Waals surface area (Å²) in [5, 5.41) is 3.88. The van der Waals surface area contributed by atoms with E-state index in [2.05, 4.69) is 10.3 Å². The minimum atomic E-state index is -0.241. The van der Waals surface area contributed by atoms with E-state index in [1.807, 2.05) is 26.0 Å².